The normalized spacial score (nSPS) is 27.7. The second-order valence-electron chi connectivity index (χ2n) is 5.68. The van der Waals surface area contributed by atoms with Gasteiger partial charge in [0.1, 0.15) is 0 Å². The summed E-state index contributed by atoms with van der Waals surface area (Å²) in [5.41, 5.74) is 6.48. The molecule has 2 unspecified atom stereocenters. The van der Waals surface area contributed by atoms with E-state index in [-0.39, 0.29) is 12.1 Å². The second-order valence-corrected chi connectivity index (χ2v) is 7.62. The van der Waals surface area contributed by atoms with Crippen LogP contribution in [-0.2, 0) is 21.3 Å². The van der Waals surface area contributed by atoms with Crippen LogP contribution in [0.2, 0.25) is 0 Å². The number of nitrogens with zero attached hydrogens (tertiary/aromatic N) is 2. The van der Waals surface area contributed by atoms with Crippen molar-refractivity contribution >= 4 is 10.0 Å². The number of sulfonamides is 1. The van der Waals surface area contributed by atoms with Crippen LogP contribution in [0.5, 0.6) is 0 Å². The molecule has 0 aromatic heterocycles. The van der Waals surface area contributed by atoms with Gasteiger partial charge in [-0.3, -0.25) is 4.90 Å². The first-order valence-electron chi connectivity index (χ1n) is 7.11. The fraction of sp³-hybridized carbons (Fsp3) is 0.571. The van der Waals surface area contributed by atoms with Crippen molar-refractivity contribution in [2.24, 2.45) is 5.73 Å². The van der Waals surface area contributed by atoms with E-state index in [9.17, 15) is 8.42 Å². The van der Waals surface area contributed by atoms with Crippen LogP contribution >= 0.6 is 0 Å². The Morgan fingerprint density at radius 3 is 2.29 bits per heavy atom. The third-order valence-electron chi connectivity index (χ3n) is 4.40. The molecule has 2 heterocycles. The highest BCUT2D eigenvalue weighted by atomic mass is 32.2. The highest BCUT2D eigenvalue weighted by Crippen LogP contribution is 2.25. The molecule has 7 heteroatoms. The van der Waals surface area contributed by atoms with Crippen molar-refractivity contribution in [2.75, 3.05) is 33.4 Å². The number of rotatable bonds is 3. The number of nitrogens with two attached hydrogens (primary N) is 1. The molecule has 0 spiro atoms. The summed E-state index contributed by atoms with van der Waals surface area (Å²) < 4.78 is 32.6. The van der Waals surface area contributed by atoms with E-state index in [1.807, 2.05) is 7.05 Å². The minimum atomic E-state index is -3.44. The van der Waals surface area contributed by atoms with Crippen LogP contribution in [0.25, 0.3) is 0 Å². The standard InChI is InChI=1S/C14H21N3O3S/c1-16-12-7-17(8-13(16)10-20-9-12)21(18,19)14-4-2-11(6-15)3-5-14/h2-5,12-13H,6-10,15H2,1H3. The first-order chi connectivity index (χ1) is 10.0. The van der Waals surface area contributed by atoms with E-state index >= 15 is 0 Å². The van der Waals surface area contributed by atoms with Gasteiger partial charge in [-0.15, -0.1) is 0 Å². The lowest BCUT2D eigenvalue weighted by atomic mass is 10.1. The topological polar surface area (TPSA) is 75.9 Å². The Morgan fingerprint density at radius 2 is 1.76 bits per heavy atom. The molecule has 2 aliphatic heterocycles. The number of benzene rings is 1. The van der Waals surface area contributed by atoms with Crippen LogP contribution in [0.4, 0.5) is 0 Å². The van der Waals surface area contributed by atoms with Gasteiger partial charge in [0.05, 0.1) is 18.1 Å². The Kier molecular flexibility index (Phi) is 4.02. The van der Waals surface area contributed by atoms with Gasteiger partial charge in [-0.2, -0.15) is 4.31 Å². The quantitative estimate of drug-likeness (QED) is 0.840. The summed E-state index contributed by atoms with van der Waals surface area (Å²) in [6.07, 6.45) is 0. The molecule has 6 nitrogen and oxygen atoms in total. The highest BCUT2D eigenvalue weighted by Gasteiger charge is 2.40. The molecule has 0 radical (unpaired) electrons. The van der Waals surface area contributed by atoms with Gasteiger partial charge in [0.2, 0.25) is 10.0 Å². The lowest BCUT2D eigenvalue weighted by molar-refractivity contribution is -0.0688. The molecule has 0 aliphatic carbocycles. The highest BCUT2D eigenvalue weighted by molar-refractivity contribution is 7.89. The lowest BCUT2D eigenvalue weighted by Crippen LogP contribution is -2.63. The third-order valence-corrected chi connectivity index (χ3v) is 6.24. The van der Waals surface area contributed by atoms with Crippen molar-refractivity contribution in [1.82, 2.24) is 9.21 Å². The number of fused-ring (bicyclic) bond motifs is 2. The van der Waals surface area contributed by atoms with Gasteiger partial charge in [0.15, 0.2) is 0 Å². The average molecular weight is 311 g/mol. The molecule has 2 fully saturated rings. The number of piperazine rings is 1. The second kappa shape index (κ2) is 5.66. The van der Waals surface area contributed by atoms with Crippen molar-refractivity contribution in [3.63, 3.8) is 0 Å². The number of hydrogen-bond acceptors (Lipinski definition) is 5. The van der Waals surface area contributed by atoms with E-state index < -0.39 is 10.0 Å². The molecule has 2 N–H and O–H groups in total. The van der Waals surface area contributed by atoms with Gasteiger partial charge in [-0.1, -0.05) is 12.1 Å². The van der Waals surface area contributed by atoms with Crippen LogP contribution in [0, 0.1) is 0 Å². The summed E-state index contributed by atoms with van der Waals surface area (Å²) >= 11 is 0. The minimum absolute atomic E-state index is 0.135. The Morgan fingerprint density at radius 1 is 1.19 bits per heavy atom. The average Bonchev–Trinajstić information content (AvgIpc) is 2.47. The number of likely N-dealkylation sites (N-methyl/N-ethyl adjacent to an activating group) is 1. The van der Waals surface area contributed by atoms with E-state index in [4.69, 9.17) is 10.5 Å². The Hall–Kier alpha value is -0.990. The van der Waals surface area contributed by atoms with E-state index in [1.165, 1.54) is 0 Å². The van der Waals surface area contributed by atoms with Gasteiger partial charge in [0, 0.05) is 31.7 Å². The maximum absolute atomic E-state index is 12.8. The summed E-state index contributed by atoms with van der Waals surface area (Å²) in [5.74, 6) is 0. The third kappa shape index (κ3) is 2.72. The van der Waals surface area contributed by atoms with E-state index in [0.29, 0.717) is 37.7 Å². The molecule has 21 heavy (non-hydrogen) atoms. The molecule has 2 saturated heterocycles. The zero-order chi connectivity index (χ0) is 15.0. The fourth-order valence-corrected chi connectivity index (χ4v) is 4.44. The molecule has 1 aromatic carbocycles. The largest absolute Gasteiger partial charge is 0.378 e. The summed E-state index contributed by atoms with van der Waals surface area (Å²) in [4.78, 5) is 2.57. The zero-order valence-electron chi connectivity index (χ0n) is 12.1. The number of morpholine rings is 1. The molecule has 1 aromatic rings. The van der Waals surface area contributed by atoms with Crippen molar-refractivity contribution < 1.29 is 13.2 Å². The van der Waals surface area contributed by atoms with Gasteiger partial charge in [-0.25, -0.2) is 8.42 Å². The van der Waals surface area contributed by atoms with Gasteiger partial charge in [0.25, 0.3) is 0 Å². The maximum atomic E-state index is 12.8. The SMILES string of the molecule is CN1C2COCC1CN(S(=O)(=O)c1ccc(CN)cc1)C2. The smallest absolute Gasteiger partial charge is 0.243 e. The molecule has 0 amide bonds. The minimum Gasteiger partial charge on any atom is -0.378 e. The van der Waals surface area contributed by atoms with Crippen LogP contribution in [0.15, 0.2) is 29.2 Å². The predicted octanol–water partition coefficient (Wildman–Crippen LogP) is -0.151. The van der Waals surface area contributed by atoms with Crippen molar-refractivity contribution in [2.45, 2.75) is 23.5 Å². The molecular formula is C14H21N3O3S. The van der Waals surface area contributed by atoms with Crippen LogP contribution in [0.3, 0.4) is 0 Å². The molecule has 3 rings (SSSR count). The van der Waals surface area contributed by atoms with Crippen molar-refractivity contribution in [3.8, 4) is 0 Å². The Balaban J connectivity index is 1.84. The predicted molar refractivity (Wildman–Crippen MR) is 79.3 cm³/mol. The van der Waals surface area contributed by atoms with Crippen LogP contribution < -0.4 is 5.73 Å². The summed E-state index contributed by atoms with van der Waals surface area (Å²) in [6, 6.07) is 7.09. The molecule has 2 bridgehead atoms. The van der Waals surface area contributed by atoms with E-state index in [2.05, 4.69) is 4.90 Å². The summed E-state index contributed by atoms with van der Waals surface area (Å²) in [5, 5.41) is 0. The zero-order valence-corrected chi connectivity index (χ0v) is 12.9. The maximum Gasteiger partial charge on any atom is 0.243 e. The van der Waals surface area contributed by atoms with Crippen LogP contribution in [-0.4, -0.2) is 63.1 Å². The Labute approximate surface area is 125 Å². The Bertz CT molecular complexity index is 588. The first-order valence-corrected chi connectivity index (χ1v) is 8.55. The van der Waals surface area contributed by atoms with Gasteiger partial charge in [-0.05, 0) is 24.7 Å². The van der Waals surface area contributed by atoms with Gasteiger partial charge >= 0.3 is 0 Å². The van der Waals surface area contributed by atoms with Crippen molar-refractivity contribution in [1.29, 1.82) is 0 Å². The van der Waals surface area contributed by atoms with Gasteiger partial charge < -0.3 is 10.5 Å². The molecular weight excluding hydrogens is 290 g/mol. The molecule has 116 valence electrons. The van der Waals surface area contributed by atoms with Crippen LogP contribution in [0.1, 0.15) is 5.56 Å². The molecule has 2 atom stereocenters. The molecule has 0 saturated carbocycles. The summed E-state index contributed by atoms with van der Waals surface area (Å²) in [6.45, 7) is 2.55. The lowest BCUT2D eigenvalue weighted by Gasteiger charge is -2.47. The van der Waals surface area contributed by atoms with E-state index in [0.717, 1.165) is 5.56 Å². The number of hydrogen-bond donors (Lipinski definition) is 1. The monoisotopic (exact) mass is 311 g/mol. The summed E-state index contributed by atoms with van der Waals surface area (Å²) in [7, 11) is -1.40. The van der Waals surface area contributed by atoms with E-state index in [1.54, 1.807) is 28.6 Å². The first kappa shape index (κ1) is 14.9. The molecule has 2 aliphatic rings. The number of ether oxygens (including phenoxy) is 1. The van der Waals surface area contributed by atoms with Crippen molar-refractivity contribution in [3.05, 3.63) is 29.8 Å². The fourth-order valence-electron chi connectivity index (χ4n) is 2.92.